The van der Waals surface area contributed by atoms with Crippen molar-refractivity contribution in [1.82, 2.24) is 4.98 Å². The lowest BCUT2D eigenvalue weighted by Gasteiger charge is -2.22. The van der Waals surface area contributed by atoms with Crippen molar-refractivity contribution in [3.05, 3.63) is 83.6 Å². The van der Waals surface area contributed by atoms with Crippen molar-refractivity contribution in [2.24, 2.45) is 0 Å². The molecule has 2 N–H and O–H groups in total. The molecule has 1 amide bonds. The number of carbonyl (C=O) groups excluding carboxylic acids is 1. The molecule has 1 heterocycles. The van der Waals surface area contributed by atoms with E-state index in [2.05, 4.69) is 10.6 Å². The zero-order valence-corrected chi connectivity index (χ0v) is 22.5. The van der Waals surface area contributed by atoms with Gasteiger partial charge < -0.3 is 24.8 Å². The van der Waals surface area contributed by atoms with Gasteiger partial charge in [0.2, 0.25) is 5.91 Å². The van der Waals surface area contributed by atoms with Crippen LogP contribution in [0.3, 0.4) is 0 Å². The van der Waals surface area contributed by atoms with Crippen LogP contribution in [0.4, 0.5) is 17.1 Å². The number of para-hydroxylation sites is 1. The lowest BCUT2D eigenvalue weighted by molar-refractivity contribution is -0.111. The number of aromatic nitrogens is 1. The highest BCUT2D eigenvalue weighted by Crippen LogP contribution is 2.38. The van der Waals surface area contributed by atoms with Crippen molar-refractivity contribution in [1.29, 1.82) is 0 Å². The minimum atomic E-state index is -0.221. The van der Waals surface area contributed by atoms with Crippen molar-refractivity contribution < 1.29 is 19.0 Å². The van der Waals surface area contributed by atoms with Crippen LogP contribution in [0.2, 0.25) is 0 Å². The summed E-state index contributed by atoms with van der Waals surface area (Å²) in [6, 6.07) is 19.3. The molecule has 200 valence electrons. The van der Waals surface area contributed by atoms with Gasteiger partial charge in [-0.05, 0) is 80.6 Å². The maximum atomic E-state index is 12.8. The van der Waals surface area contributed by atoms with Gasteiger partial charge in [-0.3, -0.25) is 9.78 Å². The first kappa shape index (κ1) is 26.1. The van der Waals surface area contributed by atoms with Crippen LogP contribution in [0.5, 0.6) is 17.2 Å². The number of fused-ring (bicyclic) bond motifs is 2. The van der Waals surface area contributed by atoms with E-state index < -0.39 is 0 Å². The SMILES string of the molecule is CCOc1ccccc1/C=C/C(=O)Nc1ccc2nc3c(c(Nc4ccc(OC)c(OC)c4)c2c1)CCCC3. The molecule has 7 nitrogen and oxygen atoms in total. The molecule has 0 bridgehead atoms. The number of aryl methyl sites for hydroxylation is 1. The van der Waals surface area contributed by atoms with Crippen LogP contribution in [0.15, 0.2) is 66.7 Å². The van der Waals surface area contributed by atoms with Crippen LogP contribution in [0.1, 0.15) is 36.6 Å². The zero-order chi connectivity index (χ0) is 27.2. The molecule has 0 atom stereocenters. The number of anilines is 3. The first-order valence-electron chi connectivity index (χ1n) is 13.2. The van der Waals surface area contributed by atoms with Gasteiger partial charge in [0, 0.05) is 40.2 Å². The quantitative estimate of drug-likeness (QED) is 0.232. The maximum Gasteiger partial charge on any atom is 0.248 e. The summed E-state index contributed by atoms with van der Waals surface area (Å²) in [6.45, 7) is 2.50. The first-order valence-corrected chi connectivity index (χ1v) is 13.2. The Morgan fingerprint density at radius 1 is 0.923 bits per heavy atom. The summed E-state index contributed by atoms with van der Waals surface area (Å²) in [4.78, 5) is 17.8. The van der Waals surface area contributed by atoms with Crippen molar-refractivity contribution >= 4 is 39.9 Å². The van der Waals surface area contributed by atoms with Crippen molar-refractivity contribution in [3.63, 3.8) is 0 Å². The molecular weight excluding hydrogens is 490 g/mol. The lowest BCUT2D eigenvalue weighted by atomic mass is 9.92. The molecule has 0 saturated carbocycles. The molecule has 1 aliphatic rings. The summed E-state index contributed by atoms with van der Waals surface area (Å²) in [5.41, 5.74) is 6.69. The summed E-state index contributed by atoms with van der Waals surface area (Å²) < 4.78 is 16.6. The molecule has 0 aliphatic heterocycles. The molecule has 0 saturated heterocycles. The third kappa shape index (κ3) is 5.82. The van der Waals surface area contributed by atoms with E-state index in [1.807, 2.05) is 67.6 Å². The molecule has 1 aliphatic carbocycles. The Bertz CT molecular complexity index is 1530. The van der Waals surface area contributed by atoms with E-state index >= 15 is 0 Å². The molecule has 4 aromatic rings. The van der Waals surface area contributed by atoms with Gasteiger partial charge in [0.25, 0.3) is 0 Å². The zero-order valence-electron chi connectivity index (χ0n) is 22.5. The van der Waals surface area contributed by atoms with Gasteiger partial charge >= 0.3 is 0 Å². The number of methoxy groups -OCH3 is 2. The second kappa shape index (κ2) is 11.9. The van der Waals surface area contributed by atoms with Crippen LogP contribution < -0.4 is 24.8 Å². The van der Waals surface area contributed by atoms with E-state index in [-0.39, 0.29) is 5.91 Å². The van der Waals surface area contributed by atoms with Crippen LogP contribution in [-0.2, 0) is 17.6 Å². The third-order valence-corrected chi connectivity index (χ3v) is 6.82. The van der Waals surface area contributed by atoms with Gasteiger partial charge in [0.05, 0.1) is 32.0 Å². The van der Waals surface area contributed by atoms with E-state index in [9.17, 15) is 4.79 Å². The number of benzene rings is 3. The number of ether oxygens (including phenoxy) is 3. The first-order chi connectivity index (χ1) is 19.1. The van der Waals surface area contributed by atoms with Crippen LogP contribution in [-0.4, -0.2) is 31.7 Å². The summed E-state index contributed by atoms with van der Waals surface area (Å²) in [6.07, 6.45) is 7.45. The second-order valence-electron chi connectivity index (χ2n) is 9.34. The predicted octanol–water partition coefficient (Wildman–Crippen LogP) is 6.93. The van der Waals surface area contributed by atoms with Crippen LogP contribution >= 0.6 is 0 Å². The molecule has 0 unspecified atom stereocenters. The standard InChI is InChI=1S/C32H33N3O4/c1-4-39-28-12-8-5-9-21(28)13-18-31(36)33-22-14-16-27-25(19-22)32(24-10-6-7-11-26(24)35-27)34-23-15-17-29(37-2)30(20-23)38-3/h5,8-9,12-20H,4,6-7,10-11H2,1-3H3,(H,33,36)(H,34,35)/b18-13+. The summed E-state index contributed by atoms with van der Waals surface area (Å²) >= 11 is 0. The third-order valence-electron chi connectivity index (χ3n) is 6.82. The molecule has 39 heavy (non-hydrogen) atoms. The Morgan fingerprint density at radius 2 is 1.72 bits per heavy atom. The summed E-state index contributed by atoms with van der Waals surface area (Å²) in [5.74, 6) is 1.85. The maximum absolute atomic E-state index is 12.8. The van der Waals surface area contributed by atoms with Crippen molar-refractivity contribution in [3.8, 4) is 17.2 Å². The van der Waals surface area contributed by atoms with Crippen molar-refractivity contribution in [2.75, 3.05) is 31.5 Å². The Balaban J connectivity index is 1.46. The second-order valence-corrected chi connectivity index (χ2v) is 9.34. The highest BCUT2D eigenvalue weighted by atomic mass is 16.5. The highest BCUT2D eigenvalue weighted by molar-refractivity contribution is 6.04. The summed E-state index contributed by atoms with van der Waals surface area (Å²) in [5, 5.41) is 7.58. The Hall–Kier alpha value is -4.52. The Labute approximate surface area is 228 Å². The van der Waals surface area contributed by atoms with E-state index in [4.69, 9.17) is 19.2 Å². The Morgan fingerprint density at radius 3 is 2.54 bits per heavy atom. The minimum absolute atomic E-state index is 0.221. The largest absolute Gasteiger partial charge is 0.493 e. The number of nitrogens with one attached hydrogen (secondary N) is 2. The average Bonchev–Trinajstić information content (AvgIpc) is 2.97. The fraction of sp³-hybridized carbons (Fsp3) is 0.250. The monoisotopic (exact) mass is 523 g/mol. The van der Waals surface area contributed by atoms with Gasteiger partial charge in [-0.2, -0.15) is 0 Å². The number of carbonyl (C=O) groups is 1. The minimum Gasteiger partial charge on any atom is -0.493 e. The molecule has 1 aromatic heterocycles. The number of rotatable bonds is 9. The molecule has 0 fully saturated rings. The molecule has 0 radical (unpaired) electrons. The molecular formula is C32H33N3O4. The van der Waals surface area contributed by atoms with E-state index in [1.165, 1.54) is 11.6 Å². The topological polar surface area (TPSA) is 81.7 Å². The van der Waals surface area contributed by atoms with E-state index in [0.717, 1.165) is 65.0 Å². The van der Waals surface area contributed by atoms with Crippen LogP contribution in [0.25, 0.3) is 17.0 Å². The lowest BCUT2D eigenvalue weighted by Crippen LogP contribution is -2.11. The number of pyridine rings is 1. The number of amides is 1. The van der Waals surface area contributed by atoms with Crippen molar-refractivity contribution in [2.45, 2.75) is 32.6 Å². The molecule has 3 aromatic carbocycles. The smallest absolute Gasteiger partial charge is 0.248 e. The van der Waals surface area contributed by atoms with E-state index in [1.54, 1.807) is 20.3 Å². The predicted molar refractivity (Wildman–Crippen MR) is 156 cm³/mol. The molecule has 7 heteroatoms. The molecule has 0 spiro atoms. The molecule has 5 rings (SSSR count). The average molecular weight is 524 g/mol. The normalized spacial score (nSPS) is 12.7. The fourth-order valence-corrected chi connectivity index (χ4v) is 4.96. The number of hydrogen-bond acceptors (Lipinski definition) is 6. The van der Waals surface area contributed by atoms with E-state index in [0.29, 0.717) is 23.8 Å². The van der Waals surface area contributed by atoms with Gasteiger partial charge in [0.1, 0.15) is 5.75 Å². The van der Waals surface area contributed by atoms with Gasteiger partial charge in [-0.15, -0.1) is 0 Å². The highest BCUT2D eigenvalue weighted by Gasteiger charge is 2.19. The number of nitrogens with zero attached hydrogens (tertiary/aromatic N) is 1. The van der Waals surface area contributed by atoms with Gasteiger partial charge in [-0.1, -0.05) is 18.2 Å². The van der Waals surface area contributed by atoms with Crippen LogP contribution in [0, 0.1) is 0 Å². The van der Waals surface area contributed by atoms with Gasteiger partial charge in [-0.25, -0.2) is 0 Å². The summed E-state index contributed by atoms with van der Waals surface area (Å²) in [7, 11) is 3.25. The fourth-order valence-electron chi connectivity index (χ4n) is 4.96. The Kier molecular flexibility index (Phi) is 7.96. The number of hydrogen-bond donors (Lipinski definition) is 2. The van der Waals surface area contributed by atoms with Gasteiger partial charge in [0.15, 0.2) is 11.5 Å².